The fourth-order valence-electron chi connectivity index (χ4n) is 7.75. The van der Waals surface area contributed by atoms with E-state index >= 15 is 0 Å². The van der Waals surface area contributed by atoms with E-state index < -0.39 is 76.2 Å². The van der Waals surface area contributed by atoms with Crippen LogP contribution in [0.2, 0.25) is 0 Å². The van der Waals surface area contributed by atoms with Crippen LogP contribution in [-0.2, 0) is 32.1 Å². The molecule has 3 aliphatic rings. The van der Waals surface area contributed by atoms with Gasteiger partial charge in [-0.2, -0.15) is 0 Å². The van der Waals surface area contributed by atoms with E-state index in [-0.39, 0.29) is 42.8 Å². The lowest BCUT2D eigenvalue weighted by atomic mass is 9.52. The van der Waals surface area contributed by atoms with E-state index in [2.05, 4.69) is 0 Å². The maximum absolute atomic E-state index is 14.4. The molecule has 14 nitrogen and oxygen atoms in total. The number of rotatable bonds is 9. The number of Topliss-reactive ketones (excluding diaryl/α,β-unsaturated/α-hetero) is 4. The number of ketones is 4. The van der Waals surface area contributed by atoms with Gasteiger partial charge in [-0.3, -0.25) is 28.9 Å². The van der Waals surface area contributed by atoms with Crippen LogP contribution in [0.5, 0.6) is 17.2 Å². The van der Waals surface area contributed by atoms with Gasteiger partial charge in [-0.05, 0) is 75.2 Å². The number of phenols is 1. The molecule has 0 saturated heterocycles. The van der Waals surface area contributed by atoms with Crippen molar-refractivity contribution in [1.82, 2.24) is 9.80 Å². The molecule has 14 heteroatoms. The Morgan fingerprint density at radius 1 is 1.02 bits per heavy atom. The zero-order chi connectivity index (χ0) is 36.1. The van der Waals surface area contributed by atoms with Crippen LogP contribution in [0, 0.1) is 23.7 Å². The summed E-state index contributed by atoms with van der Waals surface area (Å²) in [6.45, 7) is 1.98. The number of ether oxygens (including phenoxy) is 2. The molecule has 49 heavy (non-hydrogen) atoms. The average molecular weight is 679 g/mol. The third-order valence-corrected chi connectivity index (χ3v) is 9.98. The molecular formula is C35H42N4O10. The van der Waals surface area contributed by atoms with Crippen molar-refractivity contribution in [2.24, 2.45) is 29.4 Å². The zero-order valence-corrected chi connectivity index (χ0v) is 28.4. The van der Waals surface area contributed by atoms with Crippen LogP contribution in [0.3, 0.4) is 0 Å². The molecule has 2 aromatic carbocycles. The maximum Gasteiger partial charge on any atom is 0.415 e. The lowest BCUT2D eigenvalue weighted by Crippen LogP contribution is -2.74. The SMILES string of the molecule is CCCN(Cc1cc(N(C)C)c2c(c1O)C(=O)C1C(=O)[C@]3(O)C(=O)C(C(N)=O)C(=O)[C@@H](N(C)C)[C@@H]3C[C@@H]1C2)C(=O)Oc1ccc(OC)cc1. The van der Waals surface area contributed by atoms with E-state index in [1.54, 1.807) is 49.3 Å². The van der Waals surface area contributed by atoms with Gasteiger partial charge in [-0.1, -0.05) is 6.92 Å². The normalized spacial score (nSPS) is 26.1. The fourth-order valence-corrected chi connectivity index (χ4v) is 7.75. The molecule has 4 N–H and O–H groups in total. The largest absolute Gasteiger partial charge is 0.507 e. The maximum atomic E-state index is 14.4. The third-order valence-electron chi connectivity index (χ3n) is 9.98. The first kappa shape index (κ1) is 35.5. The summed E-state index contributed by atoms with van der Waals surface area (Å²) in [4.78, 5) is 85.6. The predicted molar refractivity (Wildman–Crippen MR) is 175 cm³/mol. The molecular weight excluding hydrogens is 636 g/mol. The first-order chi connectivity index (χ1) is 23.1. The number of amides is 2. The van der Waals surface area contributed by atoms with Crippen molar-refractivity contribution < 1.29 is 48.5 Å². The second-order valence-corrected chi connectivity index (χ2v) is 13.4. The Labute approximate surface area is 283 Å². The molecule has 6 atom stereocenters. The Kier molecular flexibility index (Phi) is 9.59. The Morgan fingerprint density at radius 3 is 2.20 bits per heavy atom. The standard InChI is InChI=1S/C35H42N4O10/c1-7-12-39(34(46)49-20-10-8-19(48-6)9-11-20)16-18-15-23(37(2)3)21-13-17-14-22-27(38(4)5)30(42)26(33(36)45)32(44)35(22,47)31(43)24(17)29(41)25(21)28(18)40/h8-11,15,17,22,24,26-27,40,47H,7,12-14,16H2,1-6H3,(H2,36,45)/t17-,22-,24?,26?,27-,35-/m0/s1. The van der Waals surface area contributed by atoms with Gasteiger partial charge in [0.1, 0.15) is 17.2 Å². The van der Waals surface area contributed by atoms with Gasteiger partial charge >= 0.3 is 6.09 Å². The number of methoxy groups -OCH3 is 1. The molecule has 262 valence electrons. The molecule has 0 bridgehead atoms. The van der Waals surface area contributed by atoms with Crippen LogP contribution < -0.4 is 20.1 Å². The van der Waals surface area contributed by atoms with Crippen molar-refractivity contribution in [2.75, 3.05) is 46.7 Å². The molecule has 3 aliphatic carbocycles. The van der Waals surface area contributed by atoms with E-state index in [1.807, 2.05) is 6.92 Å². The Hall–Kier alpha value is -4.82. The number of nitrogens with zero attached hydrogens (tertiary/aromatic N) is 3. The van der Waals surface area contributed by atoms with Crippen molar-refractivity contribution in [3.63, 3.8) is 0 Å². The number of hydrogen-bond acceptors (Lipinski definition) is 12. The molecule has 5 rings (SSSR count). The summed E-state index contributed by atoms with van der Waals surface area (Å²) in [5.41, 5.74) is 3.69. The first-order valence-corrected chi connectivity index (χ1v) is 16.1. The molecule has 2 fully saturated rings. The van der Waals surface area contributed by atoms with Crippen molar-refractivity contribution in [1.29, 1.82) is 0 Å². The summed E-state index contributed by atoms with van der Waals surface area (Å²) in [7, 11) is 8.09. The Balaban J connectivity index is 1.55. The number of phenolic OH excluding ortho intramolecular Hbond substituents is 1. The molecule has 2 unspecified atom stereocenters. The highest BCUT2D eigenvalue weighted by Gasteiger charge is 2.69. The van der Waals surface area contributed by atoms with Crippen molar-refractivity contribution in [3.8, 4) is 17.2 Å². The van der Waals surface area contributed by atoms with Gasteiger partial charge in [0.05, 0.1) is 31.2 Å². The number of carbonyl (C=O) groups excluding carboxylic acids is 6. The second-order valence-electron chi connectivity index (χ2n) is 13.4. The van der Waals surface area contributed by atoms with Crippen molar-refractivity contribution in [2.45, 2.75) is 44.4 Å². The molecule has 0 heterocycles. The average Bonchev–Trinajstić information content (AvgIpc) is 3.03. The van der Waals surface area contributed by atoms with Crippen LogP contribution in [0.4, 0.5) is 10.5 Å². The van der Waals surface area contributed by atoms with Crippen LogP contribution >= 0.6 is 0 Å². The summed E-state index contributed by atoms with van der Waals surface area (Å²) in [6, 6.07) is 6.93. The second kappa shape index (κ2) is 13.2. The van der Waals surface area contributed by atoms with E-state index in [4.69, 9.17) is 15.2 Å². The highest BCUT2D eigenvalue weighted by atomic mass is 16.6. The van der Waals surface area contributed by atoms with Gasteiger partial charge in [0.25, 0.3) is 0 Å². The number of benzene rings is 2. The van der Waals surface area contributed by atoms with E-state index in [0.29, 0.717) is 23.4 Å². The summed E-state index contributed by atoms with van der Waals surface area (Å²) in [5.74, 6) is -10.4. The molecule has 0 spiro atoms. The highest BCUT2D eigenvalue weighted by molar-refractivity contribution is 6.32. The number of carbonyl (C=O) groups is 6. The summed E-state index contributed by atoms with van der Waals surface area (Å²) >= 11 is 0. The quantitative estimate of drug-likeness (QED) is 0.323. The molecule has 2 amide bonds. The lowest BCUT2D eigenvalue weighted by Gasteiger charge is -2.52. The van der Waals surface area contributed by atoms with Crippen LogP contribution in [0.1, 0.15) is 41.3 Å². The number of aromatic hydroxyl groups is 1. The number of hydrogen-bond donors (Lipinski definition) is 3. The van der Waals surface area contributed by atoms with E-state index in [1.165, 1.54) is 31.0 Å². The number of likely N-dealkylation sites (N-methyl/N-ethyl adjacent to an activating group) is 1. The van der Waals surface area contributed by atoms with Gasteiger partial charge in [0.15, 0.2) is 34.7 Å². The van der Waals surface area contributed by atoms with Crippen molar-refractivity contribution in [3.05, 3.63) is 47.0 Å². The summed E-state index contributed by atoms with van der Waals surface area (Å²) in [5, 5.41) is 23.5. The Morgan fingerprint density at radius 2 is 1.65 bits per heavy atom. The number of primary amides is 1. The van der Waals surface area contributed by atoms with Gasteiger partial charge in [0, 0.05) is 37.8 Å². The Bertz CT molecular complexity index is 1720. The van der Waals surface area contributed by atoms with E-state index in [9.17, 15) is 39.0 Å². The van der Waals surface area contributed by atoms with Gasteiger partial charge in [-0.25, -0.2) is 4.79 Å². The lowest BCUT2D eigenvalue weighted by molar-refractivity contribution is -0.181. The number of nitrogens with two attached hydrogens (primary N) is 1. The smallest absolute Gasteiger partial charge is 0.415 e. The fraction of sp³-hybridized carbons (Fsp3) is 0.486. The van der Waals surface area contributed by atoms with Crippen LogP contribution in [0.15, 0.2) is 30.3 Å². The minimum absolute atomic E-state index is 0.0548. The summed E-state index contributed by atoms with van der Waals surface area (Å²) < 4.78 is 10.7. The molecule has 2 aromatic rings. The van der Waals surface area contributed by atoms with Gasteiger partial charge in [0.2, 0.25) is 5.91 Å². The number of anilines is 1. The first-order valence-electron chi connectivity index (χ1n) is 16.1. The minimum Gasteiger partial charge on any atom is -0.507 e. The topological polar surface area (TPSA) is 197 Å². The van der Waals surface area contributed by atoms with Crippen LogP contribution in [-0.4, -0.2) is 109 Å². The monoisotopic (exact) mass is 678 g/mol. The predicted octanol–water partition coefficient (Wildman–Crippen LogP) is 1.35. The molecule has 0 aliphatic heterocycles. The zero-order valence-electron chi connectivity index (χ0n) is 28.4. The highest BCUT2D eigenvalue weighted by Crippen LogP contribution is 2.52. The van der Waals surface area contributed by atoms with Gasteiger partial charge < -0.3 is 35.2 Å². The number of aliphatic hydroxyl groups is 1. The molecule has 2 saturated carbocycles. The third kappa shape index (κ3) is 5.82. The summed E-state index contributed by atoms with van der Waals surface area (Å²) in [6.07, 6.45) is -0.0773. The molecule has 0 radical (unpaired) electrons. The van der Waals surface area contributed by atoms with Gasteiger partial charge in [-0.15, -0.1) is 0 Å². The van der Waals surface area contributed by atoms with Crippen molar-refractivity contribution >= 4 is 40.8 Å². The molecule has 0 aromatic heterocycles. The minimum atomic E-state index is -2.82. The van der Waals surface area contributed by atoms with Crippen LogP contribution in [0.25, 0.3) is 0 Å². The van der Waals surface area contributed by atoms with E-state index in [0.717, 1.165) is 0 Å². The number of fused-ring (bicyclic) bond motifs is 3.